The molecular formula is C10H21N. The molecule has 0 bridgehead atoms. The molecule has 1 unspecified atom stereocenters. The van der Waals surface area contributed by atoms with Gasteiger partial charge in [-0.3, -0.25) is 0 Å². The standard InChI is InChI=1S/C10H21N/c1-6-8-11-9(7-2)10(3,4)5/h6,9,11H,1,7-8H2,2-5H3. The second-order valence-corrected chi connectivity index (χ2v) is 4.02. The zero-order chi connectivity index (χ0) is 8.91. The molecule has 0 fully saturated rings. The van der Waals surface area contributed by atoms with Gasteiger partial charge < -0.3 is 5.32 Å². The first-order valence-electron chi connectivity index (χ1n) is 4.36. The van der Waals surface area contributed by atoms with Gasteiger partial charge in [-0.2, -0.15) is 0 Å². The average Bonchev–Trinajstić information content (AvgIpc) is 1.87. The number of nitrogens with one attached hydrogen (secondary N) is 1. The van der Waals surface area contributed by atoms with E-state index in [1.165, 1.54) is 6.42 Å². The van der Waals surface area contributed by atoms with Gasteiger partial charge in [0.1, 0.15) is 0 Å². The fourth-order valence-corrected chi connectivity index (χ4v) is 1.29. The number of rotatable bonds is 4. The van der Waals surface area contributed by atoms with E-state index in [1.807, 2.05) is 6.08 Å². The van der Waals surface area contributed by atoms with Crippen molar-refractivity contribution < 1.29 is 0 Å². The van der Waals surface area contributed by atoms with Crippen LogP contribution in [-0.2, 0) is 0 Å². The Labute approximate surface area is 70.9 Å². The van der Waals surface area contributed by atoms with Crippen LogP contribution in [0.2, 0.25) is 0 Å². The van der Waals surface area contributed by atoms with E-state index in [9.17, 15) is 0 Å². The third-order valence-corrected chi connectivity index (χ3v) is 1.96. The Balaban J connectivity index is 3.85. The van der Waals surface area contributed by atoms with Crippen molar-refractivity contribution in [2.75, 3.05) is 6.54 Å². The molecule has 0 aromatic rings. The highest BCUT2D eigenvalue weighted by molar-refractivity contribution is 4.82. The van der Waals surface area contributed by atoms with Crippen molar-refractivity contribution in [2.24, 2.45) is 5.41 Å². The molecule has 0 aromatic carbocycles. The Kier molecular flexibility index (Phi) is 4.43. The van der Waals surface area contributed by atoms with E-state index < -0.39 is 0 Å². The van der Waals surface area contributed by atoms with Crippen LogP contribution < -0.4 is 5.32 Å². The summed E-state index contributed by atoms with van der Waals surface area (Å²) in [6.45, 7) is 13.6. The number of hydrogen-bond acceptors (Lipinski definition) is 1. The van der Waals surface area contributed by atoms with Crippen molar-refractivity contribution in [3.05, 3.63) is 12.7 Å². The zero-order valence-electron chi connectivity index (χ0n) is 8.28. The molecule has 0 radical (unpaired) electrons. The van der Waals surface area contributed by atoms with Gasteiger partial charge in [0.15, 0.2) is 0 Å². The van der Waals surface area contributed by atoms with Crippen molar-refractivity contribution in [3.8, 4) is 0 Å². The Morgan fingerprint density at radius 1 is 1.45 bits per heavy atom. The first-order chi connectivity index (χ1) is 5.02. The predicted molar refractivity (Wildman–Crippen MR) is 51.7 cm³/mol. The largest absolute Gasteiger partial charge is 0.310 e. The van der Waals surface area contributed by atoms with Gasteiger partial charge in [-0.25, -0.2) is 0 Å². The van der Waals surface area contributed by atoms with E-state index in [1.54, 1.807) is 0 Å². The van der Waals surface area contributed by atoms with Crippen LogP contribution in [0.15, 0.2) is 12.7 Å². The molecule has 1 nitrogen and oxygen atoms in total. The summed E-state index contributed by atoms with van der Waals surface area (Å²) in [5.41, 5.74) is 0.359. The molecule has 0 aliphatic carbocycles. The Bertz CT molecular complexity index is 111. The van der Waals surface area contributed by atoms with Crippen LogP contribution >= 0.6 is 0 Å². The molecule has 1 atom stereocenters. The normalized spacial score (nSPS) is 14.5. The van der Waals surface area contributed by atoms with Gasteiger partial charge in [0.25, 0.3) is 0 Å². The summed E-state index contributed by atoms with van der Waals surface area (Å²) in [6, 6.07) is 0.598. The fourth-order valence-electron chi connectivity index (χ4n) is 1.29. The van der Waals surface area contributed by atoms with Gasteiger partial charge in [0.2, 0.25) is 0 Å². The summed E-state index contributed by atoms with van der Waals surface area (Å²) in [5, 5.41) is 3.44. The summed E-state index contributed by atoms with van der Waals surface area (Å²) >= 11 is 0. The molecule has 0 aromatic heterocycles. The van der Waals surface area contributed by atoms with Gasteiger partial charge in [-0.15, -0.1) is 6.58 Å². The third kappa shape index (κ3) is 4.20. The molecule has 66 valence electrons. The highest BCUT2D eigenvalue weighted by atomic mass is 14.9. The van der Waals surface area contributed by atoms with Gasteiger partial charge in [-0.1, -0.05) is 33.8 Å². The average molecular weight is 155 g/mol. The summed E-state index contributed by atoms with van der Waals surface area (Å²) in [5.74, 6) is 0. The van der Waals surface area contributed by atoms with E-state index in [4.69, 9.17) is 0 Å². The maximum Gasteiger partial charge on any atom is 0.0135 e. The van der Waals surface area contributed by atoms with Crippen LogP contribution in [0, 0.1) is 5.41 Å². The summed E-state index contributed by atoms with van der Waals surface area (Å²) in [6.07, 6.45) is 3.09. The topological polar surface area (TPSA) is 12.0 Å². The molecule has 1 heteroatoms. The minimum Gasteiger partial charge on any atom is -0.310 e. The molecule has 0 aliphatic rings. The van der Waals surface area contributed by atoms with E-state index in [0.29, 0.717) is 11.5 Å². The maximum absolute atomic E-state index is 3.69. The minimum absolute atomic E-state index is 0.359. The summed E-state index contributed by atoms with van der Waals surface area (Å²) < 4.78 is 0. The SMILES string of the molecule is C=CCNC(CC)C(C)(C)C. The molecular weight excluding hydrogens is 134 g/mol. The number of hydrogen-bond donors (Lipinski definition) is 1. The fraction of sp³-hybridized carbons (Fsp3) is 0.800. The second-order valence-electron chi connectivity index (χ2n) is 4.02. The lowest BCUT2D eigenvalue weighted by molar-refractivity contribution is 0.268. The Morgan fingerprint density at radius 2 is 2.00 bits per heavy atom. The van der Waals surface area contributed by atoms with Crippen molar-refractivity contribution in [2.45, 2.75) is 40.2 Å². The molecule has 0 saturated heterocycles. The lowest BCUT2D eigenvalue weighted by Crippen LogP contribution is -2.39. The van der Waals surface area contributed by atoms with Gasteiger partial charge >= 0.3 is 0 Å². The monoisotopic (exact) mass is 155 g/mol. The first kappa shape index (κ1) is 10.7. The van der Waals surface area contributed by atoms with E-state index in [-0.39, 0.29) is 0 Å². The summed E-state index contributed by atoms with van der Waals surface area (Å²) in [7, 11) is 0. The second kappa shape index (κ2) is 4.55. The predicted octanol–water partition coefficient (Wildman–Crippen LogP) is 2.59. The van der Waals surface area contributed by atoms with Crippen molar-refractivity contribution in [1.82, 2.24) is 5.32 Å². The van der Waals surface area contributed by atoms with E-state index in [2.05, 4.69) is 39.6 Å². The van der Waals surface area contributed by atoms with Gasteiger partial charge in [0, 0.05) is 12.6 Å². The molecule has 0 aliphatic heterocycles. The Hall–Kier alpha value is -0.300. The van der Waals surface area contributed by atoms with Crippen molar-refractivity contribution in [1.29, 1.82) is 0 Å². The van der Waals surface area contributed by atoms with Gasteiger partial charge in [-0.05, 0) is 11.8 Å². The quantitative estimate of drug-likeness (QED) is 0.615. The molecule has 1 N–H and O–H groups in total. The first-order valence-corrected chi connectivity index (χ1v) is 4.36. The molecule has 0 heterocycles. The smallest absolute Gasteiger partial charge is 0.0135 e. The van der Waals surface area contributed by atoms with Crippen LogP contribution in [0.5, 0.6) is 0 Å². The van der Waals surface area contributed by atoms with Crippen molar-refractivity contribution in [3.63, 3.8) is 0 Å². The van der Waals surface area contributed by atoms with Crippen LogP contribution in [0.3, 0.4) is 0 Å². The van der Waals surface area contributed by atoms with E-state index in [0.717, 1.165) is 6.54 Å². The molecule has 0 amide bonds. The summed E-state index contributed by atoms with van der Waals surface area (Å²) in [4.78, 5) is 0. The minimum atomic E-state index is 0.359. The van der Waals surface area contributed by atoms with Crippen LogP contribution in [0.4, 0.5) is 0 Å². The van der Waals surface area contributed by atoms with Gasteiger partial charge in [0.05, 0.1) is 0 Å². The molecule has 11 heavy (non-hydrogen) atoms. The molecule has 0 saturated carbocycles. The zero-order valence-corrected chi connectivity index (χ0v) is 8.28. The maximum atomic E-state index is 3.69. The van der Waals surface area contributed by atoms with Crippen molar-refractivity contribution >= 4 is 0 Å². The van der Waals surface area contributed by atoms with Crippen LogP contribution in [0.1, 0.15) is 34.1 Å². The lowest BCUT2D eigenvalue weighted by Gasteiger charge is -2.30. The van der Waals surface area contributed by atoms with Crippen LogP contribution in [0.25, 0.3) is 0 Å². The van der Waals surface area contributed by atoms with Crippen LogP contribution in [-0.4, -0.2) is 12.6 Å². The van der Waals surface area contributed by atoms with E-state index >= 15 is 0 Å². The lowest BCUT2D eigenvalue weighted by atomic mass is 9.85. The highest BCUT2D eigenvalue weighted by Crippen LogP contribution is 2.21. The highest BCUT2D eigenvalue weighted by Gasteiger charge is 2.21. The Morgan fingerprint density at radius 3 is 2.27 bits per heavy atom. The third-order valence-electron chi connectivity index (χ3n) is 1.96. The molecule has 0 rings (SSSR count). The molecule has 0 spiro atoms.